The zero-order valence-electron chi connectivity index (χ0n) is 14.0. The van der Waals surface area contributed by atoms with Crippen LogP contribution in [0.2, 0.25) is 0 Å². The standard InChI is InChI=1S/C18H27NO3S/c1-19(2)12-6-9-18(16(20)21,15-7-4-3-5-8-15)17(22)10-13-23-14-11-17/h3-5,7-8,22H,6,9-14H2,1-2H3,(H,20,21)/p-1. The summed E-state index contributed by atoms with van der Waals surface area (Å²) in [6.45, 7) is 0.784. The largest absolute Gasteiger partial charge is 0.549 e. The molecule has 1 saturated heterocycles. The van der Waals surface area contributed by atoms with Gasteiger partial charge in [-0.05, 0) is 63.4 Å². The molecule has 5 heteroatoms. The van der Waals surface area contributed by atoms with Crippen molar-refractivity contribution in [2.75, 3.05) is 32.1 Å². The molecule has 0 saturated carbocycles. The molecule has 1 aliphatic rings. The van der Waals surface area contributed by atoms with Gasteiger partial charge in [-0.25, -0.2) is 0 Å². The van der Waals surface area contributed by atoms with Gasteiger partial charge in [-0.15, -0.1) is 0 Å². The van der Waals surface area contributed by atoms with E-state index in [2.05, 4.69) is 0 Å². The van der Waals surface area contributed by atoms with Gasteiger partial charge in [0.15, 0.2) is 0 Å². The van der Waals surface area contributed by atoms with Crippen LogP contribution in [-0.2, 0) is 10.2 Å². The molecular weight excluding hydrogens is 310 g/mol. The molecule has 0 bridgehead atoms. The SMILES string of the molecule is CN(C)CCCC(C(=O)[O-])(c1ccccc1)C1(O)CCSCC1. The number of thioether (sulfide) groups is 1. The number of nitrogens with zero attached hydrogens (tertiary/aromatic N) is 1. The van der Waals surface area contributed by atoms with Crippen LogP contribution in [0, 0.1) is 0 Å². The molecule has 2 rings (SSSR count). The number of benzene rings is 1. The van der Waals surface area contributed by atoms with Gasteiger partial charge in [-0.1, -0.05) is 30.3 Å². The Hall–Kier alpha value is -1.04. The molecular formula is C18H26NO3S-. The first-order chi connectivity index (χ1) is 10.9. The number of carbonyl (C=O) groups excluding carboxylic acids is 1. The van der Waals surface area contributed by atoms with Gasteiger partial charge < -0.3 is 19.9 Å². The van der Waals surface area contributed by atoms with Crippen LogP contribution < -0.4 is 5.11 Å². The van der Waals surface area contributed by atoms with E-state index in [0.29, 0.717) is 31.2 Å². The van der Waals surface area contributed by atoms with Crippen molar-refractivity contribution in [1.82, 2.24) is 4.90 Å². The monoisotopic (exact) mass is 336 g/mol. The summed E-state index contributed by atoms with van der Waals surface area (Å²) in [6, 6.07) is 9.15. The van der Waals surface area contributed by atoms with Gasteiger partial charge in [0.1, 0.15) is 0 Å². The van der Waals surface area contributed by atoms with Crippen molar-refractivity contribution >= 4 is 17.7 Å². The Morgan fingerprint density at radius 2 is 1.91 bits per heavy atom. The molecule has 1 heterocycles. The lowest BCUT2D eigenvalue weighted by atomic mass is 9.62. The highest BCUT2D eigenvalue weighted by Gasteiger charge is 2.52. The fourth-order valence-corrected chi connectivity index (χ4v) is 4.74. The number of carboxylic acids is 1. The predicted molar refractivity (Wildman–Crippen MR) is 92.4 cm³/mol. The molecule has 4 nitrogen and oxygen atoms in total. The number of rotatable bonds is 7. The Kier molecular flexibility index (Phi) is 6.12. The first-order valence-corrected chi connectivity index (χ1v) is 9.30. The number of hydrogen-bond acceptors (Lipinski definition) is 5. The van der Waals surface area contributed by atoms with Crippen LogP contribution in [0.5, 0.6) is 0 Å². The van der Waals surface area contributed by atoms with E-state index in [4.69, 9.17) is 0 Å². The molecule has 1 aromatic rings. The van der Waals surface area contributed by atoms with Crippen molar-refractivity contribution in [2.24, 2.45) is 0 Å². The maximum absolute atomic E-state index is 12.3. The summed E-state index contributed by atoms with van der Waals surface area (Å²) in [5, 5.41) is 23.6. The molecule has 1 unspecified atom stereocenters. The highest BCUT2D eigenvalue weighted by Crippen LogP contribution is 2.46. The Bertz CT molecular complexity index is 514. The van der Waals surface area contributed by atoms with Crippen LogP contribution in [0.25, 0.3) is 0 Å². The van der Waals surface area contributed by atoms with Gasteiger partial charge in [0.2, 0.25) is 0 Å². The Morgan fingerprint density at radius 3 is 2.43 bits per heavy atom. The van der Waals surface area contributed by atoms with Gasteiger partial charge in [0, 0.05) is 0 Å². The van der Waals surface area contributed by atoms with Gasteiger partial charge in [0.05, 0.1) is 17.0 Å². The lowest BCUT2D eigenvalue weighted by Crippen LogP contribution is -2.62. The van der Waals surface area contributed by atoms with E-state index in [0.717, 1.165) is 18.1 Å². The van der Waals surface area contributed by atoms with Gasteiger partial charge in [-0.3, -0.25) is 0 Å². The molecule has 0 spiro atoms. The molecule has 1 aliphatic heterocycles. The summed E-state index contributed by atoms with van der Waals surface area (Å²) in [4.78, 5) is 14.3. The molecule has 23 heavy (non-hydrogen) atoms. The smallest absolute Gasteiger partial charge is 0.0812 e. The number of aliphatic hydroxyl groups is 1. The fraction of sp³-hybridized carbons (Fsp3) is 0.611. The Labute approximate surface area is 142 Å². The predicted octanol–water partition coefficient (Wildman–Crippen LogP) is 1.27. The molecule has 0 amide bonds. The second kappa shape index (κ2) is 7.69. The molecule has 128 valence electrons. The molecule has 1 N–H and O–H groups in total. The van der Waals surface area contributed by atoms with Gasteiger partial charge in [0.25, 0.3) is 0 Å². The van der Waals surface area contributed by atoms with Crippen molar-refractivity contribution < 1.29 is 15.0 Å². The Balaban J connectivity index is 2.44. The molecule has 1 aromatic carbocycles. The highest BCUT2D eigenvalue weighted by molar-refractivity contribution is 7.99. The number of aliphatic carboxylic acids is 1. The summed E-state index contributed by atoms with van der Waals surface area (Å²) in [5.74, 6) is 0.412. The van der Waals surface area contributed by atoms with Crippen molar-refractivity contribution in [2.45, 2.75) is 36.7 Å². The summed E-state index contributed by atoms with van der Waals surface area (Å²) in [5.41, 5.74) is -1.93. The maximum Gasteiger partial charge on any atom is 0.0812 e. The topological polar surface area (TPSA) is 63.6 Å². The third-order valence-corrected chi connectivity index (χ3v) is 5.87. The number of carbonyl (C=O) groups is 1. The van der Waals surface area contributed by atoms with Crippen molar-refractivity contribution in [3.05, 3.63) is 35.9 Å². The molecule has 1 fully saturated rings. The van der Waals surface area contributed by atoms with E-state index in [1.807, 2.05) is 49.3 Å². The highest BCUT2D eigenvalue weighted by atomic mass is 32.2. The van der Waals surface area contributed by atoms with E-state index < -0.39 is 17.0 Å². The van der Waals surface area contributed by atoms with Crippen LogP contribution >= 0.6 is 11.8 Å². The minimum Gasteiger partial charge on any atom is -0.549 e. The third kappa shape index (κ3) is 3.73. The first-order valence-electron chi connectivity index (χ1n) is 8.14. The zero-order chi connectivity index (χ0) is 16.9. The van der Waals surface area contributed by atoms with E-state index in [-0.39, 0.29) is 0 Å². The van der Waals surface area contributed by atoms with Crippen LogP contribution in [0.15, 0.2) is 30.3 Å². The third-order valence-electron chi connectivity index (χ3n) is 4.89. The van der Waals surface area contributed by atoms with E-state index in [1.54, 1.807) is 11.8 Å². The van der Waals surface area contributed by atoms with Gasteiger partial charge >= 0.3 is 0 Å². The summed E-state index contributed by atoms with van der Waals surface area (Å²) in [6.07, 6.45) is 2.06. The molecule has 0 aliphatic carbocycles. The van der Waals surface area contributed by atoms with Crippen molar-refractivity contribution in [3.8, 4) is 0 Å². The summed E-state index contributed by atoms with van der Waals surface area (Å²) < 4.78 is 0. The number of carboxylic acid groups (broad SMARTS) is 1. The van der Waals surface area contributed by atoms with Crippen LogP contribution in [0.4, 0.5) is 0 Å². The van der Waals surface area contributed by atoms with Crippen molar-refractivity contribution in [1.29, 1.82) is 0 Å². The minimum atomic E-state index is -1.34. The molecule has 0 radical (unpaired) electrons. The molecule has 1 atom stereocenters. The normalized spacial score (nSPS) is 20.2. The number of hydrogen-bond donors (Lipinski definition) is 1. The van der Waals surface area contributed by atoms with Crippen LogP contribution in [0.3, 0.4) is 0 Å². The lowest BCUT2D eigenvalue weighted by molar-refractivity contribution is -0.321. The van der Waals surface area contributed by atoms with Gasteiger partial charge in [-0.2, -0.15) is 11.8 Å². The Morgan fingerprint density at radius 1 is 1.30 bits per heavy atom. The van der Waals surface area contributed by atoms with Crippen LogP contribution in [-0.4, -0.2) is 53.7 Å². The van der Waals surface area contributed by atoms with Crippen LogP contribution in [0.1, 0.15) is 31.2 Å². The quantitative estimate of drug-likeness (QED) is 0.812. The van der Waals surface area contributed by atoms with E-state index in [9.17, 15) is 15.0 Å². The average molecular weight is 336 g/mol. The minimum absolute atomic E-state index is 0.388. The second-order valence-electron chi connectivity index (χ2n) is 6.61. The first kappa shape index (κ1) is 18.3. The second-order valence-corrected chi connectivity index (χ2v) is 7.83. The maximum atomic E-state index is 12.3. The summed E-state index contributed by atoms with van der Waals surface area (Å²) in [7, 11) is 3.93. The summed E-state index contributed by atoms with van der Waals surface area (Å²) >= 11 is 1.77. The van der Waals surface area contributed by atoms with E-state index >= 15 is 0 Å². The van der Waals surface area contributed by atoms with E-state index in [1.165, 1.54) is 0 Å². The lowest BCUT2D eigenvalue weighted by Gasteiger charge is -2.50. The molecule has 0 aromatic heterocycles. The average Bonchev–Trinajstić information content (AvgIpc) is 2.52. The zero-order valence-corrected chi connectivity index (χ0v) is 14.8. The fourth-order valence-electron chi connectivity index (χ4n) is 3.57. The van der Waals surface area contributed by atoms with Crippen molar-refractivity contribution in [3.63, 3.8) is 0 Å².